The second-order valence-electron chi connectivity index (χ2n) is 11.7. The molecule has 2 unspecified atom stereocenters. The van der Waals surface area contributed by atoms with Gasteiger partial charge < -0.3 is 19.7 Å². The first kappa shape index (κ1) is 24.2. The van der Waals surface area contributed by atoms with Gasteiger partial charge in [-0.3, -0.25) is 0 Å². The highest BCUT2D eigenvalue weighted by atomic mass is 16.5. The Bertz CT molecular complexity index is 1370. The summed E-state index contributed by atoms with van der Waals surface area (Å²) < 4.78 is 12.3. The Hall–Kier alpha value is -3.50. The van der Waals surface area contributed by atoms with E-state index in [1.165, 1.54) is 0 Å². The van der Waals surface area contributed by atoms with Crippen LogP contribution in [-0.2, 0) is 0 Å². The number of para-hydroxylation sites is 2. The second kappa shape index (κ2) is 8.56. The third kappa shape index (κ3) is 4.31. The van der Waals surface area contributed by atoms with Crippen LogP contribution in [0.3, 0.4) is 0 Å². The quantitative estimate of drug-likeness (QED) is 0.463. The molecule has 0 bridgehead atoms. The van der Waals surface area contributed by atoms with Crippen LogP contribution in [0.2, 0.25) is 0 Å². The Kier molecular flexibility index (Phi) is 5.76. The van der Waals surface area contributed by atoms with Gasteiger partial charge in [-0.15, -0.1) is 0 Å². The molecule has 0 saturated carbocycles. The molecule has 36 heavy (non-hydrogen) atoms. The molecular weight excluding hydrogens is 448 g/mol. The molecule has 2 N–H and O–H groups in total. The zero-order chi connectivity index (χ0) is 25.8. The molecule has 186 valence electrons. The molecule has 2 aromatic rings. The van der Waals surface area contributed by atoms with Crippen molar-refractivity contribution in [2.75, 3.05) is 0 Å². The molecule has 4 nitrogen and oxygen atoms in total. The van der Waals surface area contributed by atoms with Gasteiger partial charge in [0.2, 0.25) is 0 Å². The van der Waals surface area contributed by atoms with E-state index in [0.29, 0.717) is 5.57 Å². The van der Waals surface area contributed by atoms with Crippen LogP contribution in [0.15, 0.2) is 95.7 Å². The summed E-state index contributed by atoms with van der Waals surface area (Å²) in [5.74, 6) is 2.96. The van der Waals surface area contributed by atoms with E-state index < -0.39 is 12.0 Å². The minimum Gasteiger partial charge on any atom is -0.511 e. The van der Waals surface area contributed by atoms with Gasteiger partial charge in [0.15, 0.2) is 0 Å². The van der Waals surface area contributed by atoms with Gasteiger partial charge >= 0.3 is 0 Å². The van der Waals surface area contributed by atoms with Gasteiger partial charge in [-0.05, 0) is 41.5 Å². The number of rotatable bonds is 2. The lowest BCUT2D eigenvalue weighted by molar-refractivity contribution is 0.113. The monoisotopic (exact) mass is 482 g/mol. The van der Waals surface area contributed by atoms with E-state index in [-0.39, 0.29) is 16.6 Å². The van der Waals surface area contributed by atoms with Crippen molar-refractivity contribution in [3.63, 3.8) is 0 Å². The summed E-state index contributed by atoms with van der Waals surface area (Å²) in [5, 5.41) is 22.2. The van der Waals surface area contributed by atoms with Crippen molar-refractivity contribution in [1.29, 1.82) is 0 Å². The fraction of sp³-hybridized carbons (Fsp3) is 0.312. The molecule has 5 rings (SSSR count). The van der Waals surface area contributed by atoms with Crippen molar-refractivity contribution >= 4 is 11.1 Å². The summed E-state index contributed by atoms with van der Waals surface area (Å²) >= 11 is 0. The predicted molar refractivity (Wildman–Crippen MR) is 144 cm³/mol. The van der Waals surface area contributed by atoms with Crippen LogP contribution in [0, 0.1) is 16.7 Å². The topological polar surface area (TPSA) is 58.9 Å². The number of hydrogen-bond donors (Lipinski definition) is 2. The summed E-state index contributed by atoms with van der Waals surface area (Å²) in [6.07, 6.45) is 7.05. The minimum atomic E-state index is -0.812. The first-order valence-corrected chi connectivity index (χ1v) is 12.5. The summed E-state index contributed by atoms with van der Waals surface area (Å²) in [5.41, 5.74) is 3.93. The average molecular weight is 483 g/mol. The molecule has 2 aliphatic heterocycles. The van der Waals surface area contributed by atoms with E-state index in [1.807, 2.05) is 72.8 Å². The molecule has 0 amide bonds. The van der Waals surface area contributed by atoms with E-state index in [9.17, 15) is 10.2 Å². The Morgan fingerprint density at radius 2 is 1.19 bits per heavy atom. The molecule has 2 heterocycles. The lowest BCUT2D eigenvalue weighted by atomic mass is 9.77. The van der Waals surface area contributed by atoms with E-state index >= 15 is 0 Å². The molecule has 0 radical (unpaired) electrons. The standard InChI is InChI=1S/C32H34O4/c1-31(2,3)27-17-19(21-11-7-9-13-25(21)35-27)15-23-29(33)24(30(23)34)16-20-18-28(32(4,5)6)36-26-14-10-8-12-22(20)26/h7-18,23,29,33-34H,1-6H3/b19-15+,20-16+. The summed E-state index contributed by atoms with van der Waals surface area (Å²) in [6.45, 7) is 12.6. The highest BCUT2D eigenvalue weighted by Gasteiger charge is 2.39. The SMILES string of the molecule is CC(C)(C)C1=C/C(=C\C2=C(O)C(/C=C3\C=C(C(C)(C)C)Oc4ccccc43)C2O)c2ccccc2O1. The molecule has 3 aliphatic rings. The number of benzene rings is 2. The van der Waals surface area contributed by atoms with Crippen LogP contribution in [0.1, 0.15) is 52.7 Å². The number of fused-ring (bicyclic) bond motifs is 2. The first-order chi connectivity index (χ1) is 16.9. The van der Waals surface area contributed by atoms with Crippen LogP contribution < -0.4 is 9.47 Å². The zero-order valence-electron chi connectivity index (χ0n) is 21.8. The first-order valence-electron chi connectivity index (χ1n) is 12.5. The smallest absolute Gasteiger partial charge is 0.134 e. The van der Waals surface area contributed by atoms with Crippen LogP contribution in [0.4, 0.5) is 0 Å². The number of hydrogen-bond acceptors (Lipinski definition) is 4. The molecule has 1 aliphatic carbocycles. The normalized spacial score (nSPS) is 23.8. The van der Waals surface area contributed by atoms with Crippen molar-refractivity contribution in [1.82, 2.24) is 0 Å². The Morgan fingerprint density at radius 3 is 1.69 bits per heavy atom. The van der Waals surface area contributed by atoms with Gasteiger partial charge in [-0.2, -0.15) is 0 Å². The second-order valence-corrected chi connectivity index (χ2v) is 11.7. The Morgan fingerprint density at radius 1 is 0.722 bits per heavy atom. The molecule has 0 fully saturated rings. The lowest BCUT2D eigenvalue weighted by Crippen LogP contribution is -2.34. The van der Waals surface area contributed by atoms with Gasteiger partial charge in [0.25, 0.3) is 0 Å². The highest BCUT2D eigenvalue weighted by molar-refractivity contribution is 5.84. The largest absolute Gasteiger partial charge is 0.511 e. The fourth-order valence-corrected chi connectivity index (χ4v) is 4.60. The number of ether oxygens (including phenoxy) is 2. The van der Waals surface area contributed by atoms with Crippen LogP contribution >= 0.6 is 0 Å². The maximum atomic E-state index is 11.1. The Balaban J connectivity index is 1.55. The van der Waals surface area contributed by atoms with Crippen LogP contribution in [-0.4, -0.2) is 16.3 Å². The van der Waals surface area contributed by atoms with Gasteiger partial charge in [0.1, 0.15) is 28.8 Å². The number of allylic oxidation sites excluding steroid dienone is 6. The van der Waals surface area contributed by atoms with Gasteiger partial charge in [-0.25, -0.2) is 0 Å². The predicted octanol–water partition coefficient (Wildman–Crippen LogP) is 7.60. The fourth-order valence-electron chi connectivity index (χ4n) is 4.60. The van der Waals surface area contributed by atoms with Crippen LogP contribution in [0.5, 0.6) is 11.5 Å². The highest BCUT2D eigenvalue weighted by Crippen LogP contribution is 2.45. The Labute approximate surface area is 213 Å². The van der Waals surface area contributed by atoms with E-state index in [4.69, 9.17) is 9.47 Å². The molecule has 4 heteroatoms. The van der Waals surface area contributed by atoms with Crippen molar-refractivity contribution < 1.29 is 19.7 Å². The molecule has 2 atom stereocenters. The molecule has 0 spiro atoms. The van der Waals surface area contributed by atoms with E-state index in [2.05, 4.69) is 41.5 Å². The van der Waals surface area contributed by atoms with E-state index in [0.717, 1.165) is 45.3 Å². The molecule has 2 aromatic carbocycles. The van der Waals surface area contributed by atoms with Gasteiger partial charge in [0.05, 0.1) is 12.0 Å². The summed E-state index contributed by atoms with van der Waals surface area (Å²) in [4.78, 5) is 0. The summed E-state index contributed by atoms with van der Waals surface area (Å²) in [6, 6.07) is 15.7. The third-order valence-electron chi connectivity index (χ3n) is 6.83. The van der Waals surface area contributed by atoms with Crippen molar-refractivity contribution in [3.05, 3.63) is 107 Å². The maximum Gasteiger partial charge on any atom is 0.134 e. The molecule has 0 aromatic heterocycles. The van der Waals surface area contributed by atoms with Crippen molar-refractivity contribution in [3.8, 4) is 11.5 Å². The lowest BCUT2D eigenvalue weighted by Gasteiger charge is -2.34. The average Bonchev–Trinajstić information content (AvgIpc) is 2.84. The maximum absolute atomic E-state index is 11.1. The molecular formula is C32H34O4. The van der Waals surface area contributed by atoms with Crippen molar-refractivity contribution in [2.24, 2.45) is 16.7 Å². The van der Waals surface area contributed by atoms with Crippen LogP contribution in [0.25, 0.3) is 11.1 Å². The summed E-state index contributed by atoms with van der Waals surface area (Å²) in [7, 11) is 0. The molecule has 0 saturated heterocycles. The third-order valence-corrected chi connectivity index (χ3v) is 6.83. The number of aliphatic hydroxyl groups is 2. The van der Waals surface area contributed by atoms with Gasteiger partial charge in [0, 0.05) is 27.5 Å². The van der Waals surface area contributed by atoms with E-state index in [1.54, 1.807) is 0 Å². The minimum absolute atomic E-state index is 0.175. The zero-order valence-corrected chi connectivity index (χ0v) is 21.8. The van der Waals surface area contributed by atoms with Gasteiger partial charge in [-0.1, -0.05) is 84.0 Å². The number of aliphatic hydroxyl groups excluding tert-OH is 2. The van der Waals surface area contributed by atoms with Crippen molar-refractivity contribution in [2.45, 2.75) is 47.6 Å².